The summed E-state index contributed by atoms with van der Waals surface area (Å²) < 4.78 is 32.3. The van der Waals surface area contributed by atoms with Crippen LogP contribution >= 0.6 is 12.2 Å². The van der Waals surface area contributed by atoms with Crippen LogP contribution in [0.25, 0.3) is 0 Å². The molecule has 0 atom stereocenters. The fourth-order valence-electron chi connectivity index (χ4n) is 1.56. The molecule has 0 aliphatic heterocycles. The van der Waals surface area contributed by atoms with Crippen molar-refractivity contribution >= 4 is 22.9 Å². The van der Waals surface area contributed by atoms with E-state index in [2.05, 4.69) is 22.7 Å². The normalized spacial score (nSPS) is 10.5. The summed E-state index contributed by atoms with van der Waals surface area (Å²) in [5.74, 6) is -1.57. The maximum Gasteiger partial charge on any atom is 0.182 e. The van der Waals surface area contributed by atoms with Gasteiger partial charge in [0.25, 0.3) is 0 Å². The third-order valence-corrected chi connectivity index (χ3v) is 2.70. The molecule has 2 rings (SSSR count). The lowest BCUT2D eigenvalue weighted by Crippen LogP contribution is -2.13. The first-order valence-corrected chi connectivity index (χ1v) is 5.83. The van der Waals surface area contributed by atoms with E-state index in [1.807, 2.05) is 0 Å². The number of nitrogens with two attached hydrogens (primary N) is 1. The van der Waals surface area contributed by atoms with E-state index in [1.165, 1.54) is 12.1 Å². The number of hydrogen-bond acceptors (Lipinski definition) is 4. The molecule has 0 fully saturated rings. The molecule has 1 aromatic carbocycles. The van der Waals surface area contributed by atoms with Crippen molar-refractivity contribution in [3.8, 4) is 0 Å². The molecule has 0 saturated heterocycles. The lowest BCUT2D eigenvalue weighted by atomic mass is 10.1. The summed E-state index contributed by atoms with van der Waals surface area (Å²) in [6.45, 7) is 1.97. The minimum Gasteiger partial charge on any atom is -0.389 e. The van der Waals surface area contributed by atoms with Gasteiger partial charge < -0.3 is 15.6 Å². The average molecular weight is 283 g/mol. The lowest BCUT2D eigenvalue weighted by Gasteiger charge is -2.08. The van der Waals surface area contributed by atoms with Crippen molar-refractivity contribution in [3.63, 3.8) is 0 Å². The van der Waals surface area contributed by atoms with E-state index in [4.69, 9.17) is 10.3 Å². The molecular weight excluding hydrogens is 272 g/mol. The Morgan fingerprint density at radius 1 is 1.42 bits per heavy atom. The Morgan fingerprint density at radius 2 is 2.16 bits per heavy atom. The van der Waals surface area contributed by atoms with Gasteiger partial charge in [0.15, 0.2) is 17.4 Å². The average Bonchev–Trinajstić information content (AvgIpc) is 2.76. The van der Waals surface area contributed by atoms with Gasteiger partial charge in [0.2, 0.25) is 0 Å². The van der Waals surface area contributed by atoms with Gasteiger partial charge in [-0.3, -0.25) is 0 Å². The second-order valence-corrected chi connectivity index (χ2v) is 4.38. The fourth-order valence-corrected chi connectivity index (χ4v) is 1.72. The number of nitrogens with zero attached hydrogens (tertiary/aromatic N) is 1. The molecule has 0 unspecified atom stereocenters. The molecule has 0 amide bonds. The molecular formula is C12H11F2N3OS. The Morgan fingerprint density at radius 3 is 2.74 bits per heavy atom. The van der Waals surface area contributed by atoms with Gasteiger partial charge in [0.05, 0.1) is 17.9 Å². The first-order valence-electron chi connectivity index (χ1n) is 5.43. The van der Waals surface area contributed by atoms with Crippen molar-refractivity contribution in [3.05, 3.63) is 46.9 Å². The summed E-state index contributed by atoms with van der Waals surface area (Å²) >= 11 is 4.62. The Balaban J connectivity index is 2.17. The van der Waals surface area contributed by atoms with Crippen molar-refractivity contribution in [2.75, 3.05) is 5.32 Å². The Hall–Kier alpha value is -2.02. The first-order chi connectivity index (χ1) is 8.99. The highest BCUT2D eigenvalue weighted by Crippen LogP contribution is 2.21. The number of thiocarbonyl (C=S) groups is 1. The van der Waals surface area contributed by atoms with Crippen LogP contribution in [0.3, 0.4) is 0 Å². The van der Waals surface area contributed by atoms with Crippen molar-refractivity contribution in [2.45, 2.75) is 13.5 Å². The van der Waals surface area contributed by atoms with Crippen LogP contribution in [-0.2, 0) is 6.54 Å². The maximum atomic E-state index is 13.7. The largest absolute Gasteiger partial charge is 0.389 e. The van der Waals surface area contributed by atoms with E-state index in [0.717, 1.165) is 0 Å². The van der Waals surface area contributed by atoms with Crippen LogP contribution in [0.2, 0.25) is 0 Å². The molecule has 100 valence electrons. The highest BCUT2D eigenvalue weighted by atomic mass is 32.1. The number of benzene rings is 1. The number of aromatic nitrogens is 1. The van der Waals surface area contributed by atoms with Crippen LogP contribution in [0.15, 0.2) is 22.7 Å². The number of halogens is 2. The Kier molecular flexibility index (Phi) is 3.75. The molecule has 2 aromatic rings. The molecule has 0 bridgehead atoms. The van der Waals surface area contributed by atoms with Crippen molar-refractivity contribution in [2.24, 2.45) is 5.73 Å². The van der Waals surface area contributed by atoms with Gasteiger partial charge in [0, 0.05) is 11.6 Å². The monoisotopic (exact) mass is 283 g/mol. The lowest BCUT2D eigenvalue weighted by molar-refractivity contribution is 0.384. The highest BCUT2D eigenvalue weighted by Gasteiger charge is 2.15. The molecule has 7 heteroatoms. The standard InChI is InChI=1S/C12H11F2N3OS/c1-6-4-7(18-17-6)5-16-9-3-2-8(12(15)19)10(13)11(9)14/h2-4,16H,5H2,1H3,(H2,15,19). The Labute approximate surface area is 113 Å². The first kappa shape index (κ1) is 13.4. The minimum absolute atomic E-state index is 0.00607. The van der Waals surface area contributed by atoms with Crippen LogP contribution < -0.4 is 11.1 Å². The molecule has 0 aliphatic rings. The Bertz CT molecular complexity index is 627. The quantitative estimate of drug-likeness (QED) is 0.844. The summed E-state index contributed by atoms with van der Waals surface area (Å²) in [5.41, 5.74) is 5.89. The molecule has 0 radical (unpaired) electrons. The van der Waals surface area contributed by atoms with E-state index in [0.29, 0.717) is 11.5 Å². The van der Waals surface area contributed by atoms with Crippen LogP contribution in [0.4, 0.5) is 14.5 Å². The zero-order valence-electron chi connectivity index (χ0n) is 10.0. The summed E-state index contributed by atoms with van der Waals surface area (Å²) in [7, 11) is 0. The van der Waals surface area contributed by atoms with Crippen molar-refractivity contribution in [1.29, 1.82) is 0 Å². The molecule has 19 heavy (non-hydrogen) atoms. The van der Waals surface area contributed by atoms with E-state index in [1.54, 1.807) is 13.0 Å². The number of aryl methyl sites for hydroxylation is 1. The number of anilines is 1. The summed E-state index contributed by atoms with van der Waals surface area (Å²) in [4.78, 5) is -0.186. The van der Waals surface area contributed by atoms with E-state index < -0.39 is 11.6 Å². The summed E-state index contributed by atoms with van der Waals surface area (Å²) in [5, 5.41) is 6.41. The van der Waals surface area contributed by atoms with Crippen LogP contribution in [0, 0.1) is 18.6 Å². The molecule has 4 nitrogen and oxygen atoms in total. The van der Waals surface area contributed by atoms with Gasteiger partial charge >= 0.3 is 0 Å². The summed E-state index contributed by atoms with van der Waals surface area (Å²) in [6.07, 6.45) is 0. The zero-order chi connectivity index (χ0) is 14.0. The van der Waals surface area contributed by atoms with Crippen LogP contribution in [0.5, 0.6) is 0 Å². The maximum absolute atomic E-state index is 13.7. The predicted molar refractivity (Wildman–Crippen MR) is 70.8 cm³/mol. The van der Waals surface area contributed by atoms with E-state index in [-0.39, 0.29) is 22.8 Å². The smallest absolute Gasteiger partial charge is 0.182 e. The molecule has 0 saturated carbocycles. The fraction of sp³-hybridized carbons (Fsp3) is 0.167. The van der Waals surface area contributed by atoms with Gasteiger partial charge in [-0.05, 0) is 19.1 Å². The molecule has 1 heterocycles. The minimum atomic E-state index is -1.06. The summed E-state index contributed by atoms with van der Waals surface area (Å²) in [6, 6.07) is 4.40. The molecule has 0 aliphatic carbocycles. The molecule has 0 spiro atoms. The van der Waals surface area contributed by atoms with Crippen LogP contribution in [-0.4, -0.2) is 10.1 Å². The predicted octanol–water partition coefficient (Wildman–Crippen LogP) is 2.51. The van der Waals surface area contributed by atoms with Gasteiger partial charge in [-0.1, -0.05) is 17.4 Å². The van der Waals surface area contributed by atoms with Crippen molar-refractivity contribution < 1.29 is 13.3 Å². The topological polar surface area (TPSA) is 64.1 Å². The van der Waals surface area contributed by atoms with E-state index in [9.17, 15) is 8.78 Å². The molecule has 1 aromatic heterocycles. The van der Waals surface area contributed by atoms with Gasteiger partial charge in [0.1, 0.15) is 4.99 Å². The van der Waals surface area contributed by atoms with Crippen molar-refractivity contribution in [1.82, 2.24) is 5.16 Å². The number of rotatable bonds is 4. The second kappa shape index (κ2) is 5.31. The SMILES string of the molecule is Cc1cc(CNc2ccc(C(N)=S)c(F)c2F)on1. The van der Waals surface area contributed by atoms with Gasteiger partial charge in [-0.25, -0.2) is 8.78 Å². The second-order valence-electron chi connectivity index (χ2n) is 3.94. The third kappa shape index (κ3) is 2.87. The van der Waals surface area contributed by atoms with Crippen LogP contribution in [0.1, 0.15) is 17.0 Å². The number of hydrogen-bond donors (Lipinski definition) is 2. The zero-order valence-corrected chi connectivity index (χ0v) is 10.9. The van der Waals surface area contributed by atoms with E-state index >= 15 is 0 Å². The molecule has 3 N–H and O–H groups in total. The highest BCUT2D eigenvalue weighted by molar-refractivity contribution is 7.80. The third-order valence-electron chi connectivity index (χ3n) is 2.48. The van der Waals surface area contributed by atoms with Gasteiger partial charge in [-0.15, -0.1) is 0 Å². The van der Waals surface area contributed by atoms with Gasteiger partial charge in [-0.2, -0.15) is 0 Å². The number of nitrogens with one attached hydrogen (secondary N) is 1.